The van der Waals surface area contributed by atoms with Crippen molar-refractivity contribution in [2.45, 2.75) is 19.9 Å². The number of ether oxygens (including phenoxy) is 1. The molecule has 0 spiro atoms. The summed E-state index contributed by atoms with van der Waals surface area (Å²) in [7, 11) is -3.46. The summed E-state index contributed by atoms with van der Waals surface area (Å²) in [6, 6.07) is 6.94. The summed E-state index contributed by atoms with van der Waals surface area (Å²) < 4.78 is 31.3. The predicted molar refractivity (Wildman–Crippen MR) is 77.9 cm³/mol. The van der Waals surface area contributed by atoms with Crippen LogP contribution < -0.4 is 9.46 Å². The highest BCUT2D eigenvalue weighted by Gasteiger charge is 2.16. The molecule has 0 unspecified atom stereocenters. The smallest absolute Gasteiger partial charge is 0.217 e. The standard InChI is InChI=1S/C13H18ClNO3S/c1-4-18-13-7-5-12(6-8-13)11(3)15-19(16,17)9-10(2)14/h5-8,11,15H,2,4,9H2,1,3H3/t11-/m1/s1. The molecule has 4 nitrogen and oxygen atoms in total. The maximum atomic E-state index is 11.7. The highest BCUT2D eigenvalue weighted by Crippen LogP contribution is 2.18. The van der Waals surface area contributed by atoms with Crippen LogP contribution in [0.25, 0.3) is 0 Å². The molecular formula is C13H18ClNO3S. The summed E-state index contributed by atoms with van der Waals surface area (Å²) in [5.41, 5.74) is 0.854. The van der Waals surface area contributed by atoms with E-state index < -0.39 is 10.0 Å². The molecule has 0 aliphatic rings. The topological polar surface area (TPSA) is 55.4 Å². The average Bonchev–Trinajstić information content (AvgIpc) is 2.27. The average molecular weight is 304 g/mol. The Hall–Kier alpha value is -1.04. The molecule has 6 heteroatoms. The van der Waals surface area contributed by atoms with Gasteiger partial charge < -0.3 is 4.74 Å². The molecule has 0 bridgehead atoms. The number of sulfonamides is 1. The maximum absolute atomic E-state index is 11.7. The van der Waals surface area contributed by atoms with Crippen molar-refractivity contribution in [3.05, 3.63) is 41.4 Å². The molecule has 0 fully saturated rings. The van der Waals surface area contributed by atoms with Crippen molar-refractivity contribution in [2.75, 3.05) is 12.4 Å². The molecule has 106 valence electrons. The van der Waals surface area contributed by atoms with Gasteiger partial charge in [-0.05, 0) is 31.5 Å². The van der Waals surface area contributed by atoms with Gasteiger partial charge in [0, 0.05) is 11.1 Å². The van der Waals surface area contributed by atoms with Crippen molar-refractivity contribution >= 4 is 21.6 Å². The fourth-order valence-corrected chi connectivity index (χ4v) is 3.21. The molecule has 1 aromatic rings. The van der Waals surface area contributed by atoms with Crippen molar-refractivity contribution in [3.63, 3.8) is 0 Å². The Morgan fingerprint density at radius 2 is 2.00 bits per heavy atom. The highest BCUT2D eigenvalue weighted by atomic mass is 35.5. The second-order valence-electron chi connectivity index (χ2n) is 4.12. The third kappa shape index (κ3) is 5.63. The lowest BCUT2D eigenvalue weighted by molar-refractivity contribution is 0.340. The maximum Gasteiger partial charge on any atom is 0.217 e. The van der Waals surface area contributed by atoms with Gasteiger partial charge in [-0.25, -0.2) is 13.1 Å². The van der Waals surface area contributed by atoms with Gasteiger partial charge in [0.2, 0.25) is 10.0 Å². The third-order valence-corrected chi connectivity index (χ3v) is 4.13. The van der Waals surface area contributed by atoms with Crippen LogP contribution in [0.5, 0.6) is 5.75 Å². The molecule has 1 aromatic carbocycles. The normalized spacial score (nSPS) is 13.0. The molecule has 0 heterocycles. The lowest BCUT2D eigenvalue weighted by Crippen LogP contribution is -2.29. The van der Waals surface area contributed by atoms with E-state index in [0.717, 1.165) is 11.3 Å². The van der Waals surface area contributed by atoms with Crippen LogP contribution >= 0.6 is 11.6 Å². The van der Waals surface area contributed by atoms with Crippen molar-refractivity contribution in [3.8, 4) is 5.75 Å². The minimum atomic E-state index is -3.46. The van der Waals surface area contributed by atoms with Crippen LogP contribution in [-0.4, -0.2) is 20.8 Å². The largest absolute Gasteiger partial charge is 0.494 e. The van der Waals surface area contributed by atoms with Crippen LogP contribution in [0.2, 0.25) is 0 Å². The summed E-state index contributed by atoms with van der Waals surface area (Å²) in [5, 5.41) is 0.0893. The summed E-state index contributed by atoms with van der Waals surface area (Å²) in [4.78, 5) is 0. The van der Waals surface area contributed by atoms with E-state index in [2.05, 4.69) is 11.3 Å². The van der Waals surface area contributed by atoms with Gasteiger partial charge in [0.15, 0.2) is 0 Å². The van der Waals surface area contributed by atoms with Crippen LogP contribution in [0, 0.1) is 0 Å². The van der Waals surface area contributed by atoms with Crippen molar-refractivity contribution in [1.82, 2.24) is 4.72 Å². The minimum absolute atomic E-state index is 0.0893. The van der Waals surface area contributed by atoms with E-state index in [1.807, 2.05) is 31.2 Å². The number of halogens is 1. The lowest BCUT2D eigenvalue weighted by atomic mass is 10.1. The molecule has 0 aliphatic carbocycles. The van der Waals surface area contributed by atoms with Crippen molar-refractivity contribution in [1.29, 1.82) is 0 Å². The van der Waals surface area contributed by atoms with Gasteiger partial charge >= 0.3 is 0 Å². The first-order valence-corrected chi connectivity index (χ1v) is 7.93. The molecule has 1 N–H and O–H groups in total. The molecule has 0 aliphatic heterocycles. The van der Waals surface area contributed by atoms with E-state index in [4.69, 9.17) is 16.3 Å². The first-order chi connectivity index (χ1) is 8.84. The van der Waals surface area contributed by atoms with Gasteiger partial charge in [-0.3, -0.25) is 0 Å². The van der Waals surface area contributed by atoms with Crippen LogP contribution in [-0.2, 0) is 10.0 Å². The summed E-state index contributed by atoms with van der Waals surface area (Å²) in [6.07, 6.45) is 0. The molecule has 1 rings (SSSR count). The first kappa shape index (κ1) is 16.0. The number of hydrogen-bond acceptors (Lipinski definition) is 3. The fraction of sp³-hybridized carbons (Fsp3) is 0.385. The van der Waals surface area contributed by atoms with E-state index in [9.17, 15) is 8.42 Å². The van der Waals surface area contributed by atoms with E-state index >= 15 is 0 Å². The second-order valence-corrected chi connectivity index (χ2v) is 6.41. The van der Waals surface area contributed by atoms with Gasteiger partial charge in [0.25, 0.3) is 0 Å². The monoisotopic (exact) mass is 303 g/mol. The zero-order valence-electron chi connectivity index (χ0n) is 11.0. The zero-order valence-corrected chi connectivity index (χ0v) is 12.6. The van der Waals surface area contributed by atoms with E-state index in [1.54, 1.807) is 6.92 Å². The van der Waals surface area contributed by atoms with Crippen LogP contribution in [0.15, 0.2) is 35.9 Å². The first-order valence-electron chi connectivity index (χ1n) is 5.90. The Kier molecular flexibility index (Phi) is 5.85. The molecule has 0 radical (unpaired) electrons. The van der Waals surface area contributed by atoms with Crippen LogP contribution in [0.1, 0.15) is 25.5 Å². The number of nitrogens with one attached hydrogen (secondary N) is 1. The number of benzene rings is 1. The molecule has 1 atom stereocenters. The van der Waals surface area contributed by atoms with Crippen molar-refractivity contribution < 1.29 is 13.2 Å². The minimum Gasteiger partial charge on any atom is -0.494 e. The van der Waals surface area contributed by atoms with Gasteiger partial charge in [0.1, 0.15) is 5.75 Å². The summed E-state index contributed by atoms with van der Waals surface area (Å²) in [5.74, 6) is 0.478. The van der Waals surface area contributed by atoms with E-state index in [1.165, 1.54) is 0 Å². The quantitative estimate of drug-likeness (QED) is 0.842. The second kappa shape index (κ2) is 6.93. The Bertz CT molecular complexity index is 525. The van der Waals surface area contributed by atoms with Gasteiger partial charge in [-0.1, -0.05) is 30.3 Å². The molecule has 0 saturated carbocycles. The molecule has 0 saturated heterocycles. The van der Waals surface area contributed by atoms with E-state index in [0.29, 0.717) is 6.61 Å². The molecule has 19 heavy (non-hydrogen) atoms. The SMILES string of the molecule is C=C(Cl)CS(=O)(=O)N[C@H](C)c1ccc(OCC)cc1. The van der Waals surface area contributed by atoms with Crippen LogP contribution in [0.4, 0.5) is 0 Å². The number of hydrogen-bond donors (Lipinski definition) is 1. The molecule has 0 aromatic heterocycles. The van der Waals surface area contributed by atoms with E-state index in [-0.39, 0.29) is 16.8 Å². The predicted octanol–water partition coefficient (Wildman–Crippen LogP) is 2.82. The van der Waals surface area contributed by atoms with Gasteiger partial charge in [-0.2, -0.15) is 0 Å². The summed E-state index contributed by atoms with van der Waals surface area (Å²) >= 11 is 5.52. The van der Waals surface area contributed by atoms with Gasteiger partial charge in [-0.15, -0.1) is 0 Å². The van der Waals surface area contributed by atoms with Gasteiger partial charge in [0.05, 0.1) is 12.4 Å². The number of rotatable bonds is 7. The van der Waals surface area contributed by atoms with Crippen molar-refractivity contribution in [2.24, 2.45) is 0 Å². The Morgan fingerprint density at radius 3 is 2.47 bits per heavy atom. The Balaban J connectivity index is 2.72. The summed E-state index contributed by atoms with van der Waals surface area (Å²) in [6.45, 7) is 7.65. The highest BCUT2D eigenvalue weighted by molar-refractivity contribution is 7.89. The lowest BCUT2D eigenvalue weighted by Gasteiger charge is -2.15. The van der Waals surface area contributed by atoms with Crippen LogP contribution in [0.3, 0.4) is 0 Å². The Morgan fingerprint density at radius 1 is 1.42 bits per heavy atom. The third-order valence-electron chi connectivity index (χ3n) is 2.39. The molecule has 0 amide bonds. The fourth-order valence-electron chi connectivity index (χ4n) is 1.60. The molecular weight excluding hydrogens is 286 g/mol. The zero-order chi connectivity index (χ0) is 14.5. The Labute approximate surface area is 119 Å².